The molecule has 0 saturated heterocycles. The number of carbonyl (C=O) groups is 2. The number of nitrogens with one attached hydrogen (secondary N) is 1. The van der Waals surface area contributed by atoms with E-state index in [9.17, 15) is 14.7 Å². The fraction of sp³-hybridized carbons (Fsp3) is 0.300. The van der Waals surface area contributed by atoms with Gasteiger partial charge in [0.15, 0.2) is 11.6 Å². The first-order valence-corrected chi connectivity index (χ1v) is 8.62. The average Bonchev–Trinajstić information content (AvgIpc) is 2.63. The average molecular weight is 336 g/mol. The summed E-state index contributed by atoms with van der Waals surface area (Å²) in [7, 11) is 0. The second-order valence-corrected chi connectivity index (χ2v) is 6.84. The van der Waals surface area contributed by atoms with Crippen LogP contribution in [-0.4, -0.2) is 28.8 Å². The Balaban J connectivity index is 1.77. The number of hydrogen-bond acceptors (Lipinski definition) is 5. The molecule has 25 heavy (non-hydrogen) atoms. The summed E-state index contributed by atoms with van der Waals surface area (Å²) in [5.41, 5.74) is 7.67. The Morgan fingerprint density at radius 2 is 1.48 bits per heavy atom. The lowest BCUT2D eigenvalue weighted by Crippen LogP contribution is -2.33. The quantitative estimate of drug-likeness (QED) is 0.626. The fourth-order valence-electron chi connectivity index (χ4n) is 3.81. The summed E-state index contributed by atoms with van der Waals surface area (Å²) < 4.78 is 0. The van der Waals surface area contributed by atoms with Gasteiger partial charge in [-0.25, -0.2) is 0 Å². The molecule has 0 heterocycles. The van der Waals surface area contributed by atoms with Gasteiger partial charge in [0.1, 0.15) is 5.75 Å². The number of carbonyl (C=O) groups excluding carboxylic acids is 2. The van der Waals surface area contributed by atoms with Crippen molar-refractivity contribution in [3.63, 3.8) is 0 Å². The first-order valence-electron chi connectivity index (χ1n) is 8.62. The molecule has 0 aliphatic heterocycles. The van der Waals surface area contributed by atoms with E-state index in [2.05, 4.69) is 5.32 Å². The topological polar surface area (TPSA) is 92.4 Å². The standard InChI is InChI=1S/C20H20N2O3/c21-11-5-7-12(8-6-11)22-15-9-10-16(23)18-17(15)19(24)13-3-1-2-4-14(13)20(18)25/h1-4,9-12,22-23H,5-8,21H2. The molecule has 2 aromatic carbocycles. The van der Waals surface area contributed by atoms with E-state index in [0.717, 1.165) is 25.7 Å². The Morgan fingerprint density at radius 3 is 2.12 bits per heavy atom. The first-order chi connectivity index (χ1) is 12.1. The van der Waals surface area contributed by atoms with Gasteiger partial charge in [-0.1, -0.05) is 24.3 Å². The minimum atomic E-state index is -0.308. The van der Waals surface area contributed by atoms with E-state index in [4.69, 9.17) is 5.73 Å². The van der Waals surface area contributed by atoms with Crippen LogP contribution in [-0.2, 0) is 0 Å². The van der Waals surface area contributed by atoms with Crippen molar-refractivity contribution in [3.05, 3.63) is 58.7 Å². The zero-order chi connectivity index (χ0) is 17.6. The summed E-state index contributed by atoms with van der Waals surface area (Å²) in [6.45, 7) is 0. The van der Waals surface area contributed by atoms with E-state index in [1.54, 1.807) is 30.3 Å². The van der Waals surface area contributed by atoms with Crippen molar-refractivity contribution in [2.75, 3.05) is 5.32 Å². The lowest BCUT2D eigenvalue weighted by molar-refractivity contribution is 0.0977. The Labute approximate surface area is 145 Å². The summed E-state index contributed by atoms with van der Waals surface area (Å²) in [5.74, 6) is -0.688. The van der Waals surface area contributed by atoms with Crippen LogP contribution in [0.15, 0.2) is 36.4 Å². The van der Waals surface area contributed by atoms with E-state index >= 15 is 0 Å². The van der Waals surface area contributed by atoms with E-state index in [0.29, 0.717) is 16.8 Å². The Kier molecular flexibility index (Phi) is 3.81. The zero-order valence-corrected chi connectivity index (χ0v) is 13.8. The van der Waals surface area contributed by atoms with Gasteiger partial charge in [-0.05, 0) is 37.8 Å². The van der Waals surface area contributed by atoms with Crippen molar-refractivity contribution in [1.29, 1.82) is 0 Å². The van der Waals surface area contributed by atoms with Crippen LogP contribution in [0.3, 0.4) is 0 Å². The number of nitrogens with two attached hydrogens (primary N) is 1. The number of hydrogen-bond donors (Lipinski definition) is 3. The second-order valence-electron chi connectivity index (χ2n) is 6.84. The SMILES string of the molecule is NC1CCC(Nc2ccc(O)c3c2C(=O)c2ccccc2C3=O)CC1. The summed E-state index contributed by atoms with van der Waals surface area (Å²) >= 11 is 0. The monoisotopic (exact) mass is 336 g/mol. The van der Waals surface area contributed by atoms with Crippen molar-refractivity contribution in [2.24, 2.45) is 5.73 Å². The Bertz CT molecular complexity index is 867. The minimum absolute atomic E-state index is 0.0983. The van der Waals surface area contributed by atoms with E-state index in [1.165, 1.54) is 6.07 Å². The number of phenolic OH excluding ortho intramolecular Hbond substituents is 1. The van der Waals surface area contributed by atoms with Gasteiger partial charge in [0.2, 0.25) is 0 Å². The molecule has 0 radical (unpaired) electrons. The smallest absolute Gasteiger partial charge is 0.198 e. The molecule has 1 saturated carbocycles. The molecule has 2 aliphatic carbocycles. The van der Waals surface area contributed by atoms with Crippen LogP contribution >= 0.6 is 0 Å². The largest absolute Gasteiger partial charge is 0.507 e. The molecule has 0 atom stereocenters. The predicted octanol–water partition coefficient (Wildman–Crippen LogP) is 2.85. The maximum absolute atomic E-state index is 13.0. The van der Waals surface area contributed by atoms with Gasteiger partial charge in [0.25, 0.3) is 0 Å². The normalized spacial score (nSPS) is 22.3. The zero-order valence-electron chi connectivity index (χ0n) is 13.8. The maximum atomic E-state index is 13.0. The van der Waals surface area contributed by atoms with Crippen LogP contribution in [0.2, 0.25) is 0 Å². The first kappa shape index (κ1) is 15.8. The third-order valence-electron chi connectivity index (χ3n) is 5.19. The van der Waals surface area contributed by atoms with Gasteiger partial charge in [-0.15, -0.1) is 0 Å². The molecule has 128 valence electrons. The van der Waals surface area contributed by atoms with E-state index < -0.39 is 0 Å². The van der Waals surface area contributed by atoms with Gasteiger partial charge in [-0.3, -0.25) is 9.59 Å². The molecule has 5 heteroatoms. The summed E-state index contributed by atoms with van der Waals surface area (Å²) in [6, 6.07) is 10.4. The summed E-state index contributed by atoms with van der Waals surface area (Å²) in [6.07, 6.45) is 3.73. The molecule has 0 spiro atoms. The third-order valence-corrected chi connectivity index (χ3v) is 5.19. The molecule has 0 unspecified atom stereocenters. The van der Waals surface area contributed by atoms with Gasteiger partial charge in [-0.2, -0.15) is 0 Å². The highest BCUT2D eigenvalue weighted by atomic mass is 16.3. The third kappa shape index (κ3) is 2.61. The number of phenols is 1. The molecule has 4 rings (SSSR count). The number of fused-ring (bicyclic) bond motifs is 2. The van der Waals surface area contributed by atoms with Crippen molar-refractivity contribution in [3.8, 4) is 5.75 Å². The molecule has 4 N–H and O–H groups in total. The second kappa shape index (κ2) is 6.01. The minimum Gasteiger partial charge on any atom is -0.507 e. The van der Waals surface area contributed by atoms with E-state index in [1.807, 2.05) is 0 Å². The molecule has 0 bridgehead atoms. The lowest BCUT2D eigenvalue weighted by Gasteiger charge is -2.29. The van der Waals surface area contributed by atoms with Crippen LogP contribution in [0.1, 0.15) is 57.5 Å². The van der Waals surface area contributed by atoms with Gasteiger partial charge in [0.05, 0.1) is 11.1 Å². The number of ketones is 2. The lowest BCUT2D eigenvalue weighted by atomic mass is 9.82. The Hall–Kier alpha value is -2.66. The highest BCUT2D eigenvalue weighted by molar-refractivity contribution is 6.31. The van der Waals surface area contributed by atoms with Crippen molar-refractivity contribution >= 4 is 17.3 Å². The highest BCUT2D eigenvalue weighted by Crippen LogP contribution is 2.37. The highest BCUT2D eigenvalue weighted by Gasteiger charge is 2.34. The Morgan fingerprint density at radius 1 is 0.880 bits per heavy atom. The van der Waals surface area contributed by atoms with Crippen molar-refractivity contribution in [1.82, 2.24) is 0 Å². The van der Waals surface area contributed by atoms with Crippen LogP contribution in [0, 0.1) is 0 Å². The molecule has 2 aromatic rings. The number of aromatic hydroxyl groups is 1. The van der Waals surface area contributed by atoms with E-state index in [-0.39, 0.29) is 40.5 Å². The maximum Gasteiger partial charge on any atom is 0.198 e. The molecule has 5 nitrogen and oxygen atoms in total. The molecule has 2 aliphatic rings. The van der Waals surface area contributed by atoms with Crippen LogP contribution in [0.5, 0.6) is 5.75 Å². The molecule has 0 amide bonds. The summed E-state index contributed by atoms with van der Waals surface area (Å²) in [5, 5.41) is 13.6. The van der Waals surface area contributed by atoms with Crippen LogP contribution in [0.4, 0.5) is 5.69 Å². The number of anilines is 1. The molecule has 0 aromatic heterocycles. The fourth-order valence-corrected chi connectivity index (χ4v) is 3.81. The van der Waals surface area contributed by atoms with Gasteiger partial charge >= 0.3 is 0 Å². The number of benzene rings is 2. The number of rotatable bonds is 2. The van der Waals surface area contributed by atoms with Crippen LogP contribution in [0.25, 0.3) is 0 Å². The van der Waals surface area contributed by atoms with Crippen molar-refractivity contribution in [2.45, 2.75) is 37.8 Å². The molecule has 1 fully saturated rings. The van der Waals surface area contributed by atoms with Gasteiger partial charge < -0.3 is 16.2 Å². The summed E-state index contributed by atoms with van der Waals surface area (Å²) in [4.78, 5) is 25.8. The van der Waals surface area contributed by atoms with Gasteiger partial charge in [0, 0.05) is 28.9 Å². The van der Waals surface area contributed by atoms with Crippen LogP contribution < -0.4 is 11.1 Å². The van der Waals surface area contributed by atoms with Crippen molar-refractivity contribution < 1.29 is 14.7 Å². The molecular weight excluding hydrogens is 316 g/mol. The predicted molar refractivity (Wildman–Crippen MR) is 95.3 cm³/mol. The molecular formula is C20H20N2O3.